The SMILES string of the molecule is N#CC(C#N)=C1c2cc(S(=O)(=O)c3ccccc3)ccc2-c2cc3c(cc21)S(=O)(=O)c1cc(S(=O)(=O)c2ccccc2)ccc1-3. The van der Waals surface area contributed by atoms with Crippen LogP contribution in [0.1, 0.15) is 11.1 Å². The summed E-state index contributed by atoms with van der Waals surface area (Å²) in [4.78, 5) is -0.409. The molecule has 2 aliphatic rings. The van der Waals surface area contributed by atoms with E-state index < -0.39 is 29.5 Å². The average molecular weight is 647 g/mol. The van der Waals surface area contributed by atoms with E-state index in [1.54, 1.807) is 48.5 Å². The molecule has 0 saturated carbocycles. The van der Waals surface area contributed by atoms with Gasteiger partial charge in [0.15, 0.2) is 0 Å². The van der Waals surface area contributed by atoms with Crippen molar-refractivity contribution in [3.63, 3.8) is 0 Å². The standard InChI is InChI=1S/C34H18N2O6S3/c35-19-21(20-36)34-30-15-24(43(37,38)22-7-3-1-4-8-22)11-13-26(30)28-17-29-27-14-12-25(44(39,40)23-9-5-2-6-10-23)16-32(27)45(41,42)33(29)18-31(28)34/h1-18H. The number of hydrogen-bond donors (Lipinski definition) is 0. The van der Waals surface area contributed by atoms with Crippen molar-refractivity contribution in [2.75, 3.05) is 0 Å². The Hall–Kier alpha value is -5.33. The van der Waals surface area contributed by atoms with Crippen LogP contribution in [0, 0.1) is 22.7 Å². The van der Waals surface area contributed by atoms with Gasteiger partial charge in [0.25, 0.3) is 0 Å². The number of rotatable bonds is 4. The molecule has 0 spiro atoms. The fourth-order valence-electron chi connectivity index (χ4n) is 5.83. The maximum atomic E-state index is 13.9. The van der Waals surface area contributed by atoms with Crippen LogP contribution in [0.2, 0.25) is 0 Å². The van der Waals surface area contributed by atoms with E-state index in [1.807, 2.05) is 12.1 Å². The Balaban J connectivity index is 1.43. The predicted molar refractivity (Wildman–Crippen MR) is 164 cm³/mol. The third-order valence-electron chi connectivity index (χ3n) is 7.96. The van der Waals surface area contributed by atoms with Crippen LogP contribution in [0.25, 0.3) is 27.8 Å². The summed E-state index contributed by atoms with van der Waals surface area (Å²) in [7, 11) is -12.2. The van der Waals surface area contributed by atoms with Gasteiger partial charge in [0.1, 0.15) is 17.7 Å². The van der Waals surface area contributed by atoms with Crippen molar-refractivity contribution in [3.05, 3.63) is 126 Å². The third-order valence-corrected chi connectivity index (χ3v) is 13.3. The maximum Gasteiger partial charge on any atom is 0.207 e. The van der Waals surface area contributed by atoms with E-state index in [9.17, 15) is 35.8 Å². The zero-order valence-corrected chi connectivity index (χ0v) is 25.4. The van der Waals surface area contributed by atoms with Gasteiger partial charge in [-0.2, -0.15) is 10.5 Å². The second kappa shape index (κ2) is 9.84. The van der Waals surface area contributed by atoms with E-state index in [1.165, 1.54) is 54.6 Å². The van der Waals surface area contributed by atoms with E-state index in [0.717, 1.165) is 6.07 Å². The van der Waals surface area contributed by atoms with Crippen LogP contribution in [-0.2, 0) is 29.5 Å². The number of allylic oxidation sites excluding steroid dienone is 1. The van der Waals surface area contributed by atoms with Crippen molar-refractivity contribution in [1.29, 1.82) is 10.5 Å². The highest BCUT2D eigenvalue weighted by Gasteiger charge is 2.38. The molecule has 1 aliphatic carbocycles. The molecule has 0 radical (unpaired) electrons. The summed E-state index contributed by atoms with van der Waals surface area (Å²) in [6.45, 7) is 0. The van der Waals surface area contributed by atoms with Gasteiger partial charge in [0, 0.05) is 16.7 Å². The molecule has 5 aromatic carbocycles. The molecular formula is C34H18N2O6S3. The normalized spacial score (nSPS) is 14.0. The quantitative estimate of drug-likeness (QED) is 0.212. The largest absolute Gasteiger partial charge is 0.219 e. The first-order chi connectivity index (χ1) is 21.5. The number of nitrogens with zero attached hydrogens (tertiary/aromatic N) is 2. The third kappa shape index (κ3) is 4.10. The highest BCUT2D eigenvalue weighted by Crippen LogP contribution is 2.53. The van der Waals surface area contributed by atoms with Gasteiger partial charge in [-0.05, 0) is 82.9 Å². The van der Waals surface area contributed by atoms with Crippen LogP contribution in [0.5, 0.6) is 0 Å². The number of sulfone groups is 3. The van der Waals surface area contributed by atoms with Crippen molar-refractivity contribution < 1.29 is 25.3 Å². The van der Waals surface area contributed by atoms with Crippen LogP contribution in [-0.4, -0.2) is 25.3 Å². The lowest BCUT2D eigenvalue weighted by Gasteiger charge is -2.08. The molecule has 0 amide bonds. The average Bonchev–Trinajstić information content (AvgIpc) is 3.49. The molecule has 0 fully saturated rings. The van der Waals surface area contributed by atoms with Gasteiger partial charge in [-0.1, -0.05) is 48.5 Å². The lowest BCUT2D eigenvalue weighted by molar-refractivity contribution is 0.593. The number of benzene rings is 5. The fraction of sp³-hybridized carbons (Fsp3) is 0. The molecular weight excluding hydrogens is 629 g/mol. The van der Waals surface area contributed by atoms with Gasteiger partial charge >= 0.3 is 0 Å². The Labute approximate surface area is 259 Å². The van der Waals surface area contributed by atoms with Gasteiger partial charge in [-0.3, -0.25) is 0 Å². The summed E-state index contributed by atoms with van der Waals surface area (Å²) < 4.78 is 81.2. The molecule has 1 heterocycles. The Morgan fingerprint density at radius 3 is 1.53 bits per heavy atom. The van der Waals surface area contributed by atoms with Gasteiger partial charge in [0.2, 0.25) is 29.5 Å². The molecule has 0 N–H and O–H groups in total. The molecule has 218 valence electrons. The van der Waals surface area contributed by atoms with Crippen molar-refractivity contribution >= 4 is 35.1 Å². The smallest absolute Gasteiger partial charge is 0.207 e. The molecule has 5 aromatic rings. The van der Waals surface area contributed by atoms with Crippen LogP contribution >= 0.6 is 0 Å². The van der Waals surface area contributed by atoms with Gasteiger partial charge in [0.05, 0.1) is 29.4 Å². The van der Waals surface area contributed by atoms with Crippen LogP contribution < -0.4 is 0 Å². The summed E-state index contributed by atoms with van der Waals surface area (Å²) in [6.07, 6.45) is 0. The summed E-state index contributed by atoms with van der Waals surface area (Å²) in [5.41, 5.74) is 2.07. The van der Waals surface area contributed by atoms with E-state index >= 15 is 0 Å². The minimum absolute atomic E-state index is 0.0254. The minimum atomic E-state index is -4.22. The minimum Gasteiger partial charge on any atom is -0.219 e. The molecule has 0 atom stereocenters. The second-order valence-corrected chi connectivity index (χ2v) is 16.2. The Kier molecular flexibility index (Phi) is 6.22. The monoisotopic (exact) mass is 646 g/mol. The first-order valence-electron chi connectivity index (χ1n) is 13.4. The first kappa shape index (κ1) is 28.4. The van der Waals surface area contributed by atoms with Gasteiger partial charge in [-0.15, -0.1) is 0 Å². The Morgan fingerprint density at radius 2 is 0.978 bits per heavy atom. The van der Waals surface area contributed by atoms with E-state index in [0.29, 0.717) is 27.8 Å². The fourth-order valence-corrected chi connectivity index (χ4v) is 10.2. The van der Waals surface area contributed by atoms with Crippen molar-refractivity contribution in [1.82, 2.24) is 0 Å². The van der Waals surface area contributed by atoms with E-state index in [-0.39, 0.29) is 46.1 Å². The summed E-state index contributed by atoms with van der Waals surface area (Å²) >= 11 is 0. The highest BCUT2D eigenvalue weighted by molar-refractivity contribution is 7.92. The maximum absolute atomic E-state index is 13.9. The van der Waals surface area contributed by atoms with Gasteiger partial charge < -0.3 is 0 Å². The molecule has 1 aliphatic heterocycles. The van der Waals surface area contributed by atoms with Crippen molar-refractivity contribution in [3.8, 4) is 34.4 Å². The zero-order valence-electron chi connectivity index (χ0n) is 23.0. The molecule has 11 heteroatoms. The first-order valence-corrected chi connectivity index (χ1v) is 17.8. The molecule has 0 aromatic heterocycles. The van der Waals surface area contributed by atoms with Crippen LogP contribution in [0.15, 0.2) is 144 Å². The van der Waals surface area contributed by atoms with Crippen LogP contribution in [0.3, 0.4) is 0 Å². The predicted octanol–water partition coefficient (Wildman–Crippen LogP) is 5.99. The summed E-state index contributed by atoms with van der Waals surface area (Å²) in [6, 6.07) is 30.6. The number of nitriles is 2. The summed E-state index contributed by atoms with van der Waals surface area (Å²) in [5, 5.41) is 19.7. The number of hydrogen-bond acceptors (Lipinski definition) is 8. The lowest BCUT2D eigenvalue weighted by Crippen LogP contribution is -2.04. The molecule has 0 saturated heterocycles. The molecule has 7 rings (SSSR count). The van der Waals surface area contributed by atoms with Gasteiger partial charge in [-0.25, -0.2) is 25.3 Å². The summed E-state index contributed by atoms with van der Waals surface area (Å²) in [5.74, 6) is 0. The zero-order chi connectivity index (χ0) is 31.7. The lowest BCUT2D eigenvalue weighted by atomic mass is 9.96. The molecule has 0 bridgehead atoms. The van der Waals surface area contributed by atoms with E-state index in [4.69, 9.17) is 0 Å². The topological polar surface area (TPSA) is 150 Å². The second-order valence-electron chi connectivity index (χ2n) is 10.4. The Bertz CT molecular complexity index is 2560. The van der Waals surface area contributed by atoms with Crippen LogP contribution in [0.4, 0.5) is 0 Å². The highest BCUT2D eigenvalue weighted by atomic mass is 32.2. The van der Waals surface area contributed by atoms with Crippen molar-refractivity contribution in [2.45, 2.75) is 29.4 Å². The molecule has 45 heavy (non-hydrogen) atoms. The van der Waals surface area contributed by atoms with E-state index in [2.05, 4.69) is 0 Å². The number of fused-ring (bicyclic) bond motifs is 6. The molecule has 0 unspecified atom stereocenters. The Morgan fingerprint density at radius 1 is 0.489 bits per heavy atom. The molecule has 8 nitrogen and oxygen atoms in total. The van der Waals surface area contributed by atoms with Crippen molar-refractivity contribution in [2.24, 2.45) is 0 Å².